The Morgan fingerprint density at radius 3 is 3.00 bits per heavy atom. The smallest absolute Gasteiger partial charge is 0.315 e. The van der Waals surface area contributed by atoms with E-state index in [1.165, 1.54) is 0 Å². The number of aryl methyl sites for hydroxylation is 1. The van der Waals surface area contributed by atoms with Crippen molar-refractivity contribution in [2.24, 2.45) is 0 Å². The number of carbonyl (C=O) groups is 2. The van der Waals surface area contributed by atoms with Crippen molar-refractivity contribution in [3.05, 3.63) is 53.5 Å². The van der Waals surface area contributed by atoms with E-state index in [9.17, 15) is 9.59 Å². The van der Waals surface area contributed by atoms with Gasteiger partial charge in [0.1, 0.15) is 5.76 Å². The minimum Gasteiger partial charge on any atom is -0.467 e. The molecule has 2 heterocycles. The summed E-state index contributed by atoms with van der Waals surface area (Å²) in [5, 5.41) is 8.50. The Hall–Kier alpha value is -2.76. The second-order valence-electron chi connectivity index (χ2n) is 5.59. The molecule has 1 aliphatic heterocycles. The lowest BCUT2D eigenvalue weighted by Gasteiger charge is -2.20. The van der Waals surface area contributed by atoms with Crippen molar-refractivity contribution in [1.82, 2.24) is 10.6 Å². The maximum atomic E-state index is 11.9. The van der Waals surface area contributed by atoms with E-state index < -0.39 is 0 Å². The molecule has 0 saturated heterocycles. The third-order valence-electron chi connectivity index (χ3n) is 3.88. The van der Waals surface area contributed by atoms with Crippen LogP contribution in [-0.4, -0.2) is 11.9 Å². The molecule has 6 nitrogen and oxygen atoms in total. The SMILES string of the molecule is CC(NC(=O)NCc1ccco1)c1ccc2c(c1)CCC(=O)N2. The molecule has 3 rings (SSSR count). The zero-order chi connectivity index (χ0) is 16.2. The first kappa shape index (κ1) is 15.1. The van der Waals surface area contributed by atoms with Gasteiger partial charge in [0.25, 0.3) is 0 Å². The summed E-state index contributed by atoms with van der Waals surface area (Å²) in [6.07, 6.45) is 2.80. The fourth-order valence-corrected chi connectivity index (χ4v) is 2.58. The average Bonchev–Trinajstić information content (AvgIpc) is 3.05. The molecule has 120 valence electrons. The van der Waals surface area contributed by atoms with Crippen molar-refractivity contribution < 1.29 is 14.0 Å². The Morgan fingerprint density at radius 2 is 2.22 bits per heavy atom. The van der Waals surface area contributed by atoms with Crippen LogP contribution >= 0.6 is 0 Å². The maximum absolute atomic E-state index is 11.9. The Bertz CT molecular complexity index is 710. The first-order chi connectivity index (χ1) is 11.1. The van der Waals surface area contributed by atoms with Crippen LogP contribution in [0.2, 0.25) is 0 Å². The Balaban J connectivity index is 1.58. The van der Waals surface area contributed by atoms with E-state index in [1.54, 1.807) is 12.3 Å². The highest BCUT2D eigenvalue weighted by molar-refractivity contribution is 5.93. The molecule has 23 heavy (non-hydrogen) atoms. The summed E-state index contributed by atoms with van der Waals surface area (Å²) < 4.78 is 5.17. The number of fused-ring (bicyclic) bond motifs is 1. The number of anilines is 1. The summed E-state index contributed by atoms with van der Waals surface area (Å²) in [5.41, 5.74) is 2.97. The quantitative estimate of drug-likeness (QED) is 0.811. The second kappa shape index (κ2) is 6.56. The standard InChI is InChI=1S/C17H19N3O3/c1-11(19-17(22)18-10-14-3-2-8-23-14)12-4-6-15-13(9-12)5-7-16(21)20-15/h2-4,6,8-9,11H,5,7,10H2,1H3,(H,20,21)(H2,18,19,22). The van der Waals surface area contributed by atoms with Crippen LogP contribution in [0.3, 0.4) is 0 Å². The fourth-order valence-electron chi connectivity index (χ4n) is 2.58. The van der Waals surface area contributed by atoms with Crippen LogP contribution in [0, 0.1) is 0 Å². The second-order valence-corrected chi connectivity index (χ2v) is 5.59. The van der Waals surface area contributed by atoms with E-state index in [2.05, 4.69) is 16.0 Å². The summed E-state index contributed by atoms with van der Waals surface area (Å²) >= 11 is 0. The lowest BCUT2D eigenvalue weighted by molar-refractivity contribution is -0.116. The van der Waals surface area contributed by atoms with Crippen LogP contribution in [0.4, 0.5) is 10.5 Å². The molecule has 0 aliphatic carbocycles. The molecule has 6 heteroatoms. The topological polar surface area (TPSA) is 83.4 Å². The molecule has 3 amide bonds. The van der Waals surface area contributed by atoms with Gasteiger partial charge in [0.05, 0.1) is 18.8 Å². The highest BCUT2D eigenvalue weighted by Crippen LogP contribution is 2.26. The fraction of sp³-hybridized carbons (Fsp3) is 0.294. The Labute approximate surface area is 134 Å². The summed E-state index contributed by atoms with van der Waals surface area (Å²) in [7, 11) is 0. The summed E-state index contributed by atoms with van der Waals surface area (Å²) in [4.78, 5) is 23.3. The number of nitrogens with one attached hydrogen (secondary N) is 3. The summed E-state index contributed by atoms with van der Waals surface area (Å²) in [6, 6.07) is 9.05. The van der Waals surface area contributed by atoms with E-state index in [-0.39, 0.29) is 18.0 Å². The van der Waals surface area contributed by atoms with Crippen LogP contribution in [0.25, 0.3) is 0 Å². The zero-order valence-electron chi connectivity index (χ0n) is 12.9. The van der Waals surface area contributed by atoms with Crippen LogP contribution in [0.15, 0.2) is 41.0 Å². The molecule has 1 unspecified atom stereocenters. The molecule has 0 radical (unpaired) electrons. The van der Waals surface area contributed by atoms with Crippen LogP contribution < -0.4 is 16.0 Å². The van der Waals surface area contributed by atoms with Crippen molar-refractivity contribution in [2.45, 2.75) is 32.4 Å². The molecule has 0 spiro atoms. The molecular weight excluding hydrogens is 294 g/mol. The Morgan fingerprint density at radius 1 is 1.35 bits per heavy atom. The molecule has 0 bridgehead atoms. The molecule has 1 aromatic carbocycles. The van der Waals surface area contributed by atoms with Gasteiger partial charge in [0.2, 0.25) is 5.91 Å². The minimum atomic E-state index is -0.250. The van der Waals surface area contributed by atoms with Crippen molar-refractivity contribution in [3.8, 4) is 0 Å². The van der Waals surface area contributed by atoms with Crippen molar-refractivity contribution >= 4 is 17.6 Å². The van der Waals surface area contributed by atoms with Gasteiger partial charge in [-0.2, -0.15) is 0 Å². The van der Waals surface area contributed by atoms with E-state index in [1.807, 2.05) is 31.2 Å². The van der Waals surface area contributed by atoms with E-state index in [0.29, 0.717) is 18.7 Å². The van der Waals surface area contributed by atoms with Crippen molar-refractivity contribution in [3.63, 3.8) is 0 Å². The van der Waals surface area contributed by atoms with Gasteiger partial charge >= 0.3 is 6.03 Å². The molecule has 0 saturated carbocycles. The number of rotatable bonds is 4. The number of hydrogen-bond acceptors (Lipinski definition) is 3. The molecule has 1 atom stereocenters. The molecule has 1 aromatic heterocycles. The molecule has 1 aliphatic rings. The van der Waals surface area contributed by atoms with E-state index in [0.717, 1.165) is 23.2 Å². The number of amides is 3. The predicted molar refractivity (Wildman–Crippen MR) is 85.9 cm³/mol. The first-order valence-electron chi connectivity index (χ1n) is 7.61. The maximum Gasteiger partial charge on any atom is 0.315 e. The van der Waals surface area contributed by atoms with Crippen molar-refractivity contribution in [2.75, 3.05) is 5.32 Å². The highest BCUT2D eigenvalue weighted by Gasteiger charge is 2.17. The zero-order valence-corrected chi connectivity index (χ0v) is 12.9. The van der Waals surface area contributed by atoms with Gasteiger partial charge in [0, 0.05) is 12.1 Å². The van der Waals surface area contributed by atoms with Gasteiger partial charge in [-0.25, -0.2) is 4.79 Å². The highest BCUT2D eigenvalue weighted by atomic mass is 16.3. The molecular formula is C17H19N3O3. The average molecular weight is 313 g/mol. The normalized spacial score (nSPS) is 14.6. The molecule has 0 fully saturated rings. The number of urea groups is 1. The number of benzene rings is 1. The number of furan rings is 1. The summed E-state index contributed by atoms with van der Waals surface area (Å²) in [6.45, 7) is 2.28. The lowest BCUT2D eigenvalue weighted by Crippen LogP contribution is -2.36. The van der Waals surface area contributed by atoms with Crippen LogP contribution in [0.5, 0.6) is 0 Å². The van der Waals surface area contributed by atoms with Gasteiger partial charge in [-0.1, -0.05) is 12.1 Å². The lowest BCUT2D eigenvalue weighted by atomic mass is 9.98. The predicted octanol–water partition coefficient (Wildman–Crippen LogP) is 2.72. The van der Waals surface area contributed by atoms with Gasteiger partial charge in [-0.3, -0.25) is 4.79 Å². The number of carbonyl (C=O) groups excluding carboxylic acids is 2. The largest absolute Gasteiger partial charge is 0.467 e. The molecule has 3 N–H and O–H groups in total. The molecule has 2 aromatic rings. The first-order valence-corrected chi connectivity index (χ1v) is 7.61. The number of hydrogen-bond donors (Lipinski definition) is 3. The minimum absolute atomic E-state index is 0.0497. The van der Waals surface area contributed by atoms with Gasteiger partial charge in [-0.15, -0.1) is 0 Å². The van der Waals surface area contributed by atoms with Gasteiger partial charge in [0.15, 0.2) is 0 Å². The monoisotopic (exact) mass is 313 g/mol. The third kappa shape index (κ3) is 3.71. The van der Waals surface area contributed by atoms with Gasteiger partial charge in [-0.05, 0) is 42.7 Å². The van der Waals surface area contributed by atoms with E-state index in [4.69, 9.17) is 4.42 Å². The van der Waals surface area contributed by atoms with Crippen LogP contribution in [-0.2, 0) is 17.8 Å². The van der Waals surface area contributed by atoms with Crippen LogP contribution in [0.1, 0.15) is 36.3 Å². The summed E-state index contributed by atoms with van der Waals surface area (Å²) in [5.74, 6) is 0.756. The van der Waals surface area contributed by atoms with Gasteiger partial charge < -0.3 is 20.4 Å². The third-order valence-corrected chi connectivity index (χ3v) is 3.88. The van der Waals surface area contributed by atoms with Crippen molar-refractivity contribution in [1.29, 1.82) is 0 Å². The van der Waals surface area contributed by atoms with E-state index >= 15 is 0 Å². The Kier molecular flexibility index (Phi) is 4.32.